The fourth-order valence-electron chi connectivity index (χ4n) is 1.65. The SMILES string of the molecule is Cc1ccc(Oc2ccc([C@H](C)N)cc2Br)cc1F. The van der Waals surface area contributed by atoms with Crippen LogP contribution in [-0.2, 0) is 0 Å². The van der Waals surface area contributed by atoms with Crippen LogP contribution in [-0.4, -0.2) is 0 Å². The number of nitrogens with two attached hydrogens (primary N) is 1. The van der Waals surface area contributed by atoms with Gasteiger partial charge < -0.3 is 10.5 Å². The zero-order chi connectivity index (χ0) is 14.0. The molecule has 0 radical (unpaired) electrons. The topological polar surface area (TPSA) is 35.2 Å². The summed E-state index contributed by atoms with van der Waals surface area (Å²) >= 11 is 3.43. The molecule has 2 aromatic rings. The molecular weight excluding hydrogens is 309 g/mol. The van der Waals surface area contributed by atoms with E-state index in [-0.39, 0.29) is 11.9 Å². The third-order valence-electron chi connectivity index (χ3n) is 2.85. The van der Waals surface area contributed by atoms with E-state index in [0.717, 1.165) is 10.0 Å². The summed E-state index contributed by atoms with van der Waals surface area (Å²) in [7, 11) is 0. The number of aryl methyl sites for hydroxylation is 1. The molecule has 2 aromatic carbocycles. The van der Waals surface area contributed by atoms with Crippen LogP contribution in [0.2, 0.25) is 0 Å². The van der Waals surface area contributed by atoms with Gasteiger partial charge in [-0.3, -0.25) is 0 Å². The number of hydrogen-bond donors (Lipinski definition) is 1. The lowest BCUT2D eigenvalue weighted by Gasteiger charge is -2.11. The molecule has 0 spiro atoms. The van der Waals surface area contributed by atoms with Crippen LogP contribution in [0.3, 0.4) is 0 Å². The number of halogens is 2. The molecule has 0 saturated carbocycles. The Morgan fingerprint density at radius 3 is 2.53 bits per heavy atom. The molecule has 0 bridgehead atoms. The highest BCUT2D eigenvalue weighted by Crippen LogP contribution is 2.32. The zero-order valence-corrected chi connectivity index (χ0v) is 12.4. The second-order valence-corrected chi connectivity index (χ2v) is 5.35. The molecule has 0 fully saturated rings. The molecule has 0 aliphatic rings. The van der Waals surface area contributed by atoms with Gasteiger partial charge in [0, 0.05) is 12.1 Å². The normalized spacial score (nSPS) is 12.3. The summed E-state index contributed by atoms with van der Waals surface area (Å²) < 4.78 is 19.9. The molecule has 19 heavy (non-hydrogen) atoms. The molecule has 0 aliphatic carbocycles. The predicted molar refractivity (Wildman–Crippen MR) is 78.0 cm³/mol. The molecule has 4 heteroatoms. The Balaban J connectivity index is 2.25. The molecule has 1 atom stereocenters. The third kappa shape index (κ3) is 3.33. The Labute approximate surface area is 120 Å². The lowest BCUT2D eigenvalue weighted by Crippen LogP contribution is -2.04. The molecule has 0 heterocycles. The Morgan fingerprint density at radius 2 is 1.95 bits per heavy atom. The maximum absolute atomic E-state index is 13.4. The summed E-state index contributed by atoms with van der Waals surface area (Å²) in [6, 6.07) is 10.4. The van der Waals surface area contributed by atoms with Crippen LogP contribution in [0.25, 0.3) is 0 Å². The molecule has 0 saturated heterocycles. The van der Waals surface area contributed by atoms with E-state index < -0.39 is 0 Å². The summed E-state index contributed by atoms with van der Waals surface area (Å²) in [5.41, 5.74) is 7.42. The van der Waals surface area contributed by atoms with E-state index >= 15 is 0 Å². The van der Waals surface area contributed by atoms with Crippen molar-refractivity contribution in [2.45, 2.75) is 19.9 Å². The van der Waals surface area contributed by atoms with E-state index in [9.17, 15) is 4.39 Å². The monoisotopic (exact) mass is 323 g/mol. The minimum Gasteiger partial charge on any atom is -0.456 e. The highest BCUT2D eigenvalue weighted by molar-refractivity contribution is 9.10. The minimum absolute atomic E-state index is 0.0397. The van der Waals surface area contributed by atoms with E-state index in [1.165, 1.54) is 6.07 Å². The van der Waals surface area contributed by atoms with Gasteiger partial charge in [-0.2, -0.15) is 0 Å². The van der Waals surface area contributed by atoms with Gasteiger partial charge in [0.15, 0.2) is 0 Å². The maximum Gasteiger partial charge on any atom is 0.141 e. The van der Waals surface area contributed by atoms with Crippen LogP contribution in [0.15, 0.2) is 40.9 Å². The van der Waals surface area contributed by atoms with E-state index in [0.29, 0.717) is 17.1 Å². The number of rotatable bonds is 3. The zero-order valence-electron chi connectivity index (χ0n) is 10.8. The van der Waals surface area contributed by atoms with Crippen LogP contribution in [0.4, 0.5) is 4.39 Å². The van der Waals surface area contributed by atoms with Crippen LogP contribution in [0, 0.1) is 12.7 Å². The van der Waals surface area contributed by atoms with Gasteiger partial charge in [0.25, 0.3) is 0 Å². The van der Waals surface area contributed by atoms with Crippen LogP contribution in [0.5, 0.6) is 11.5 Å². The smallest absolute Gasteiger partial charge is 0.141 e. The maximum atomic E-state index is 13.4. The van der Waals surface area contributed by atoms with Crippen molar-refractivity contribution in [2.75, 3.05) is 0 Å². The highest BCUT2D eigenvalue weighted by atomic mass is 79.9. The van der Waals surface area contributed by atoms with Crippen LogP contribution < -0.4 is 10.5 Å². The lowest BCUT2D eigenvalue weighted by atomic mass is 10.1. The van der Waals surface area contributed by atoms with Crippen molar-refractivity contribution in [3.8, 4) is 11.5 Å². The average molecular weight is 324 g/mol. The first-order valence-corrected chi connectivity index (χ1v) is 6.75. The fraction of sp³-hybridized carbons (Fsp3) is 0.200. The van der Waals surface area contributed by atoms with E-state index in [4.69, 9.17) is 10.5 Å². The van der Waals surface area contributed by atoms with Crippen molar-refractivity contribution in [2.24, 2.45) is 5.73 Å². The molecule has 0 amide bonds. The van der Waals surface area contributed by atoms with Gasteiger partial charge in [0.05, 0.1) is 4.47 Å². The van der Waals surface area contributed by atoms with Gasteiger partial charge in [0.1, 0.15) is 17.3 Å². The Kier molecular flexibility index (Phi) is 4.22. The van der Waals surface area contributed by atoms with Crippen molar-refractivity contribution in [1.82, 2.24) is 0 Å². The molecular formula is C15H15BrFNO. The molecule has 100 valence electrons. The largest absolute Gasteiger partial charge is 0.456 e. The summed E-state index contributed by atoms with van der Waals surface area (Å²) in [6.07, 6.45) is 0. The van der Waals surface area contributed by atoms with E-state index in [2.05, 4.69) is 15.9 Å². The van der Waals surface area contributed by atoms with E-state index in [1.54, 1.807) is 19.1 Å². The summed E-state index contributed by atoms with van der Waals surface area (Å²) in [6.45, 7) is 3.63. The first-order valence-electron chi connectivity index (χ1n) is 5.96. The van der Waals surface area contributed by atoms with Crippen LogP contribution in [0.1, 0.15) is 24.1 Å². The van der Waals surface area contributed by atoms with Gasteiger partial charge in [-0.1, -0.05) is 12.1 Å². The summed E-state index contributed by atoms with van der Waals surface area (Å²) in [5, 5.41) is 0. The molecule has 0 aromatic heterocycles. The molecule has 2 rings (SSSR count). The number of ether oxygens (including phenoxy) is 1. The van der Waals surface area contributed by atoms with Gasteiger partial charge >= 0.3 is 0 Å². The van der Waals surface area contributed by atoms with Crippen molar-refractivity contribution < 1.29 is 9.13 Å². The van der Waals surface area contributed by atoms with Gasteiger partial charge in [-0.15, -0.1) is 0 Å². The number of hydrogen-bond acceptors (Lipinski definition) is 2. The molecule has 2 nitrogen and oxygen atoms in total. The van der Waals surface area contributed by atoms with Crippen molar-refractivity contribution in [3.63, 3.8) is 0 Å². The molecule has 2 N–H and O–H groups in total. The second-order valence-electron chi connectivity index (χ2n) is 4.49. The molecule has 0 unspecified atom stereocenters. The highest BCUT2D eigenvalue weighted by Gasteiger charge is 2.07. The standard InChI is InChI=1S/C15H15BrFNO/c1-9-3-5-12(8-14(9)17)19-15-6-4-11(10(2)18)7-13(15)16/h3-8,10H,18H2,1-2H3/t10-/m0/s1. The summed E-state index contributed by atoms with van der Waals surface area (Å²) in [5.74, 6) is 0.825. The van der Waals surface area contributed by atoms with E-state index in [1.807, 2.05) is 25.1 Å². The average Bonchev–Trinajstić information content (AvgIpc) is 2.36. The Bertz CT molecular complexity index is 599. The van der Waals surface area contributed by atoms with Gasteiger partial charge in [-0.05, 0) is 59.1 Å². The minimum atomic E-state index is -0.277. The fourth-order valence-corrected chi connectivity index (χ4v) is 2.12. The van der Waals surface area contributed by atoms with Crippen molar-refractivity contribution in [1.29, 1.82) is 0 Å². The predicted octanol–water partition coefficient (Wildman–Crippen LogP) is 4.71. The second kappa shape index (κ2) is 5.72. The number of benzene rings is 2. The quantitative estimate of drug-likeness (QED) is 0.887. The molecule has 0 aliphatic heterocycles. The Morgan fingerprint density at radius 1 is 1.21 bits per heavy atom. The Hall–Kier alpha value is -1.39. The lowest BCUT2D eigenvalue weighted by molar-refractivity contribution is 0.473. The van der Waals surface area contributed by atoms with Crippen LogP contribution >= 0.6 is 15.9 Å². The van der Waals surface area contributed by atoms with Crippen molar-refractivity contribution in [3.05, 3.63) is 57.8 Å². The first kappa shape index (κ1) is 14.0. The third-order valence-corrected chi connectivity index (χ3v) is 3.47. The first-order chi connectivity index (χ1) is 8.97. The summed E-state index contributed by atoms with van der Waals surface area (Å²) in [4.78, 5) is 0. The van der Waals surface area contributed by atoms with Crippen molar-refractivity contribution >= 4 is 15.9 Å². The van der Waals surface area contributed by atoms with Gasteiger partial charge in [-0.25, -0.2) is 4.39 Å². The van der Waals surface area contributed by atoms with Gasteiger partial charge in [0.2, 0.25) is 0 Å².